The lowest BCUT2D eigenvalue weighted by atomic mass is 9.89. The van der Waals surface area contributed by atoms with Crippen molar-refractivity contribution < 1.29 is 0 Å². The highest BCUT2D eigenvalue weighted by molar-refractivity contribution is 7.18. The normalized spacial score (nSPS) is 23.4. The van der Waals surface area contributed by atoms with E-state index in [1.807, 2.05) is 10.9 Å². The van der Waals surface area contributed by atoms with Crippen molar-refractivity contribution >= 4 is 21.6 Å². The van der Waals surface area contributed by atoms with Gasteiger partial charge < -0.3 is 0 Å². The molecule has 0 spiro atoms. The molecule has 0 N–H and O–H groups in total. The second-order valence-corrected chi connectivity index (χ2v) is 7.86. The van der Waals surface area contributed by atoms with Crippen molar-refractivity contribution in [2.24, 2.45) is 5.92 Å². The van der Waals surface area contributed by atoms with E-state index in [9.17, 15) is 4.79 Å². The van der Waals surface area contributed by atoms with Crippen LogP contribution in [0.3, 0.4) is 0 Å². The molecule has 4 heteroatoms. The molecule has 1 saturated carbocycles. The molecule has 0 amide bonds. The fourth-order valence-corrected chi connectivity index (χ4v) is 5.30. The van der Waals surface area contributed by atoms with E-state index < -0.39 is 0 Å². The van der Waals surface area contributed by atoms with Gasteiger partial charge in [0.25, 0.3) is 5.56 Å². The molecular formula is C17H22N2OS. The van der Waals surface area contributed by atoms with Gasteiger partial charge in [0.2, 0.25) is 0 Å². The minimum absolute atomic E-state index is 0.221. The maximum Gasteiger partial charge on any atom is 0.262 e. The van der Waals surface area contributed by atoms with E-state index in [0.29, 0.717) is 6.04 Å². The van der Waals surface area contributed by atoms with Gasteiger partial charge in [0, 0.05) is 10.9 Å². The number of hydrogen-bond donors (Lipinski definition) is 0. The first-order valence-corrected chi connectivity index (χ1v) is 9.07. The lowest BCUT2D eigenvalue weighted by Gasteiger charge is -2.23. The Labute approximate surface area is 129 Å². The Hall–Kier alpha value is -1.16. The molecule has 1 atom stereocenters. The van der Waals surface area contributed by atoms with Crippen molar-refractivity contribution in [3.8, 4) is 0 Å². The Balaban J connectivity index is 1.84. The van der Waals surface area contributed by atoms with E-state index in [0.717, 1.165) is 41.8 Å². The van der Waals surface area contributed by atoms with Crippen molar-refractivity contribution in [3.63, 3.8) is 0 Å². The van der Waals surface area contributed by atoms with Crippen LogP contribution in [0.15, 0.2) is 11.1 Å². The van der Waals surface area contributed by atoms with Gasteiger partial charge in [-0.3, -0.25) is 9.36 Å². The summed E-state index contributed by atoms with van der Waals surface area (Å²) in [5.41, 5.74) is 1.54. The van der Waals surface area contributed by atoms with Gasteiger partial charge in [0.05, 0.1) is 11.7 Å². The van der Waals surface area contributed by atoms with Crippen LogP contribution in [0.5, 0.6) is 0 Å². The quantitative estimate of drug-likeness (QED) is 0.795. The van der Waals surface area contributed by atoms with Crippen molar-refractivity contribution in [1.29, 1.82) is 0 Å². The maximum atomic E-state index is 13.0. The maximum absolute atomic E-state index is 13.0. The minimum atomic E-state index is 0.221. The van der Waals surface area contributed by atoms with Gasteiger partial charge in [-0.1, -0.05) is 26.2 Å². The van der Waals surface area contributed by atoms with Crippen LogP contribution in [-0.4, -0.2) is 9.55 Å². The lowest BCUT2D eigenvalue weighted by Crippen LogP contribution is -2.27. The number of fused-ring (bicyclic) bond motifs is 3. The summed E-state index contributed by atoms with van der Waals surface area (Å²) in [7, 11) is 0. The molecule has 2 aliphatic rings. The first-order valence-electron chi connectivity index (χ1n) is 8.25. The van der Waals surface area contributed by atoms with Crippen LogP contribution in [0, 0.1) is 5.92 Å². The Bertz CT molecular complexity index is 724. The predicted octanol–water partition coefficient (Wildman–Crippen LogP) is 4.09. The zero-order chi connectivity index (χ0) is 14.4. The fourth-order valence-electron chi connectivity index (χ4n) is 3.96. The fraction of sp³-hybridized carbons (Fsp3) is 0.647. The number of aromatic nitrogens is 2. The number of rotatable bonds is 1. The molecular weight excluding hydrogens is 280 g/mol. The van der Waals surface area contributed by atoms with E-state index in [4.69, 9.17) is 0 Å². The van der Waals surface area contributed by atoms with Crippen LogP contribution < -0.4 is 5.56 Å². The topological polar surface area (TPSA) is 34.9 Å². The first-order chi connectivity index (χ1) is 10.2. The number of nitrogens with zero attached hydrogens (tertiary/aromatic N) is 2. The molecule has 112 valence electrons. The van der Waals surface area contributed by atoms with Gasteiger partial charge in [0.1, 0.15) is 4.83 Å². The summed E-state index contributed by atoms with van der Waals surface area (Å²) in [5, 5.41) is 0.940. The Morgan fingerprint density at radius 1 is 1.24 bits per heavy atom. The number of hydrogen-bond acceptors (Lipinski definition) is 3. The van der Waals surface area contributed by atoms with Gasteiger partial charge in [-0.05, 0) is 43.6 Å². The number of aryl methyl sites for hydroxylation is 1. The van der Waals surface area contributed by atoms with Crippen LogP contribution in [-0.2, 0) is 12.8 Å². The third-order valence-corrected chi connectivity index (χ3v) is 6.37. The Morgan fingerprint density at radius 2 is 2.05 bits per heavy atom. The van der Waals surface area contributed by atoms with E-state index in [2.05, 4.69) is 11.9 Å². The van der Waals surface area contributed by atoms with Gasteiger partial charge in [-0.25, -0.2) is 4.98 Å². The summed E-state index contributed by atoms with van der Waals surface area (Å²) in [4.78, 5) is 20.0. The molecule has 0 aliphatic heterocycles. The summed E-state index contributed by atoms with van der Waals surface area (Å²) in [6, 6.07) is 0.376. The van der Waals surface area contributed by atoms with Gasteiger partial charge in [0.15, 0.2) is 0 Å². The molecule has 1 fully saturated rings. The third-order valence-electron chi connectivity index (χ3n) is 5.21. The van der Waals surface area contributed by atoms with Gasteiger partial charge in [-0.2, -0.15) is 0 Å². The summed E-state index contributed by atoms with van der Waals surface area (Å²) >= 11 is 1.75. The predicted molar refractivity (Wildman–Crippen MR) is 87.2 cm³/mol. The van der Waals surface area contributed by atoms with Crippen LogP contribution in [0.25, 0.3) is 10.2 Å². The van der Waals surface area contributed by atoms with Crippen LogP contribution >= 0.6 is 11.3 Å². The monoisotopic (exact) mass is 302 g/mol. The lowest BCUT2D eigenvalue weighted by molar-refractivity contribution is 0.345. The zero-order valence-corrected chi connectivity index (χ0v) is 13.4. The highest BCUT2D eigenvalue weighted by Crippen LogP contribution is 2.36. The molecule has 2 heterocycles. The van der Waals surface area contributed by atoms with Crippen LogP contribution in [0.4, 0.5) is 0 Å². The van der Waals surface area contributed by atoms with E-state index in [1.54, 1.807) is 11.3 Å². The second kappa shape index (κ2) is 5.24. The van der Waals surface area contributed by atoms with Crippen molar-refractivity contribution in [2.75, 3.05) is 0 Å². The molecule has 0 saturated heterocycles. The molecule has 0 radical (unpaired) electrons. The first kappa shape index (κ1) is 13.5. The third kappa shape index (κ3) is 2.24. The summed E-state index contributed by atoms with van der Waals surface area (Å²) in [5.74, 6) is 0.742. The summed E-state index contributed by atoms with van der Waals surface area (Å²) in [6.07, 6.45) is 11.3. The largest absolute Gasteiger partial charge is 0.296 e. The molecule has 2 aromatic rings. The van der Waals surface area contributed by atoms with Crippen LogP contribution in [0.2, 0.25) is 0 Å². The Morgan fingerprint density at radius 3 is 2.86 bits per heavy atom. The molecule has 2 aliphatic carbocycles. The molecule has 0 bridgehead atoms. The molecule has 21 heavy (non-hydrogen) atoms. The minimum Gasteiger partial charge on any atom is -0.296 e. The molecule has 1 unspecified atom stereocenters. The number of thiophene rings is 1. The highest BCUT2D eigenvalue weighted by atomic mass is 32.1. The van der Waals surface area contributed by atoms with Crippen LogP contribution in [0.1, 0.15) is 61.9 Å². The molecule has 3 nitrogen and oxygen atoms in total. The van der Waals surface area contributed by atoms with Gasteiger partial charge in [-0.15, -0.1) is 11.3 Å². The van der Waals surface area contributed by atoms with Gasteiger partial charge >= 0.3 is 0 Å². The van der Waals surface area contributed by atoms with Crippen molar-refractivity contribution in [2.45, 2.75) is 64.3 Å². The zero-order valence-electron chi connectivity index (χ0n) is 12.6. The molecule has 4 rings (SSSR count). The molecule has 0 aromatic carbocycles. The van der Waals surface area contributed by atoms with E-state index in [-0.39, 0.29) is 5.56 Å². The van der Waals surface area contributed by atoms with E-state index in [1.165, 1.54) is 36.1 Å². The SMILES string of the molecule is CC1CCc2c(sc3ncn(C4CCCCC4)c(=O)c23)C1. The highest BCUT2D eigenvalue weighted by Gasteiger charge is 2.25. The standard InChI is InChI=1S/C17H22N2OS/c1-11-7-8-13-14(9-11)21-16-15(13)17(20)19(10-18-16)12-5-3-2-4-6-12/h10-12H,2-9H2,1H3. The molecule has 2 aromatic heterocycles. The summed E-state index contributed by atoms with van der Waals surface area (Å²) in [6.45, 7) is 2.31. The van der Waals surface area contributed by atoms with Crippen molar-refractivity contribution in [1.82, 2.24) is 9.55 Å². The Kier molecular flexibility index (Phi) is 3.37. The average Bonchev–Trinajstić information content (AvgIpc) is 2.86. The average molecular weight is 302 g/mol. The second-order valence-electron chi connectivity index (χ2n) is 6.78. The van der Waals surface area contributed by atoms with Crippen molar-refractivity contribution in [3.05, 3.63) is 27.1 Å². The van der Waals surface area contributed by atoms with E-state index >= 15 is 0 Å². The smallest absolute Gasteiger partial charge is 0.262 e. The summed E-state index contributed by atoms with van der Waals surface area (Å²) < 4.78 is 1.94.